The number of aromatic nitrogens is 3. The summed E-state index contributed by atoms with van der Waals surface area (Å²) in [5.74, 6) is -29.4. The van der Waals surface area contributed by atoms with Crippen LogP contribution in [0, 0.1) is 0 Å². The minimum Gasteiger partial charge on any atom is -0.245 e. The Bertz CT molecular complexity index is 502. The van der Waals surface area contributed by atoms with Crippen molar-refractivity contribution in [1.29, 1.82) is 0 Å². The third-order valence-electron chi connectivity index (χ3n) is 2.69. The molecule has 2 rings (SSSR count). The molecule has 0 amide bonds. The zero-order valence-corrected chi connectivity index (χ0v) is 8.70. The van der Waals surface area contributed by atoms with Gasteiger partial charge in [-0.05, 0) is 0 Å². The minimum absolute atomic E-state index is 0.464. The predicted octanol–water partition coefficient (Wildman–Crippen LogP) is 2.84. The van der Waals surface area contributed by atoms with Gasteiger partial charge in [-0.15, -0.1) is 10.2 Å². The average molecular weight is 317 g/mol. The second-order valence-corrected chi connectivity index (χ2v) is 3.86. The highest BCUT2D eigenvalue weighted by Crippen LogP contribution is 2.63. The second-order valence-electron chi connectivity index (χ2n) is 3.86. The summed E-state index contributed by atoms with van der Waals surface area (Å²) in [7, 11) is 0. The number of nitrogens with zero attached hydrogens (tertiary/aromatic N) is 3. The van der Waals surface area contributed by atoms with Crippen LogP contribution in [0.2, 0.25) is 0 Å². The summed E-state index contributed by atoms with van der Waals surface area (Å²) in [6.45, 7) is 0. The van der Waals surface area contributed by atoms with E-state index < -0.39 is 46.5 Å². The van der Waals surface area contributed by atoms with Crippen molar-refractivity contribution in [3.05, 3.63) is 12.2 Å². The number of halogens is 10. The van der Waals surface area contributed by atoms with Crippen LogP contribution in [-0.4, -0.2) is 32.5 Å². The smallest absolute Gasteiger partial charge is 0.245 e. The summed E-state index contributed by atoms with van der Waals surface area (Å²) in [5, 5.41) is 4.49. The summed E-state index contributed by atoms with van der Waals surface area (Å²) in [4.78, 5) is 0. The van der Waals surface area contributed by atoms with Gasteiger partial charge in [0.05, 0.1) is 0 Å². The molecule has 0 aliphatic carbocycles. The zero-order chi connectivity index (χ0) is 15.8. The van der Waals surface area contributed by atoms with Gasteiger partial charge < -0.3 is 0 Å². The Morgan fingerprint density at radius 3 is 1.75 bits per heavy atom. The standard InChI is InChI=1S/C7HF10N3/c8-3(9)2-19-18-1-20(2)7(16,17)6(14,15)5(12,13)4(3,10)11/h1H. The van der Waals surface area contributed by atoms with E-state index in [0.29, 0.717) is 0 Å². The third kappa shape index (κ3) is 1.23. The molecule has 0 N–H and O–H groups in total. The molecule has 0 radical (unpaired) electrons. The highest BCUT2D eigenvalue weighted by Gasteiger charge is 2.90. The monoisotopic (exact) mass is 317 g/mol. The van der Waals surface area contributed by atoms with Crippen molar-refractivity contribution in [2.45, 2.75) is 29.7 Å². The molecule has 0 saturated heterocycles. The van der Waals surface area contributed by atoms with Gasteiger partial charge >= 0.3 is 29.7 Å². The maximum absolute atomic E-state index is 13.2. The van der Waals surface area contributed by atoms with E-state index in [1.54, 1.807) is 0 Å². The molecule has 1 aliphatic heterocycles. The summed E-state index contributed by atoms with van der Waals surface area (Å²) in [6.07, 6.45) is -0.464. The van der Waals surface area contributed by atoms with Gasteiger partial charge in [-0.25, -0.2) is 4.57 Å². The summed E-state index contributed by atoms with van der Waals surface area (Å²) >= 11 is 0. The van der Waals surface area contributed by atoms with Crippen LogP contribution < -0.4 is 0 Å². The largest absolute Gasteiger partial charge is 0.401 e. The van der Waals surface area contributed by atoms with Crippen molar-refractivity contribution in [3.63, 3.8) is 0 Å². The fourth-order valence-corrected chi connectivity index (χ4v) is 1.53. The van der Waals surface area contributed by atoms with E-state index in [2.05, 4.69) is 10.2 Å². The van der Waals surface area contributed by atoms with E-state index in [9.17, 15) is 43.9 Å². The summed E-state index contributed by atoms with van der Waals surface area (Å²) in [5.41, 5.74) is 0. The molecule has 0 bridgehead atoms. The molecule has 0 spiro atoms. The topological polar surface area (TPSA) is 30.7 Å². The van der Waals surface area contributed by atoms with Crippen molar-refractivity contribution in [1.82, 2.24) is 14.8 Å². The Morgan fingerprint density at radius 2 is 1.25 bits per heavy atom. The molecule has 20 heavy (non-hydrogen) atoms. The number of rotatable bonds is 0. The Labute approximate surface area is 102 Å². The lowest BCUT2D eigenvalue weighted by molar-refractivity contribution is -0.407. The van der Waals surface area contributed by atoms with Gasteiger partial charge in [-0.3, -0.25) is 0 Å². The molecule has 1 aromatic rings. The average Bonchev–Trinajstić information content (AvgIpc) is 2.76. The molecule has 0 atom stereocenters. The Kier molecular flexibility index (Phi) is 2.50. The Morgan fingerprint density at radius 1 is 0.750 bits per heavy atom. The first-order valence-corrected chi connectivity index (χ1v) is 4.53. The highest BCUT2D eigenvalue weighted by atomic mass is 19.4. The zero-order valence-electron chi connectivity index (χ0n) is 8.70. The van der Waals surface area contributed by atoms with Gasteiger partial charge in [0.25, 0.3) is 0 Å². The molecule has 3 nitrogen and oxygen atoms in total. The molecule has 1 aliphatic rings. The lowest BCUT2D eigenvalue weighted by Crippen LogP contribution is -2.63. The maximum Gasteiger partial charge on any atom is 0.401 e. The van der Waals surface area contributed by atoms with Crippen molar-refractivity contribution >= 4 is 0 Å². The summed E-state index contributed by atoms with van der Waals surface area (Å²) < 4.78 is 129. The van der Waals surface area contributed by atoms with E-state index >= 15 is 0 Å². The van der Waals surface area contributed by atoms with Crippen LogP contribution >= 0.6 is 0 Å². The summed E-state index contributed by atoms with van der Waals surface area (Å²) in [6, 6.07) is -6.08. The van der Waals surface area contributed by atoms with Crippen LogP contribution in [0.1, 0.15) is 5.82 Å². The van der Waals surface area contributed by atoms with Gasteiger partial charge in [0, 0.05) is 0 Å². The molecule has 2 heterocycles. The van der Waals surface area contributed by atoms with Crippen LogP contribution in [0.4, 0.5) is 43.9 Å². The molecule has 0 unspecified atom stereocenters. The lowest BCUT2D eigenvalue weighted by atomic mass is 9.99. The molecular weight excluding hydrogens is 316 g/mol. The van der Waals surface area contributed by atoms with Gasteiger partial charge in [0.1, 0.15) is 6.33 Å². The van der Waals surface area contributed by atoms with E-state index in [4.69, 9.17) is 0 Å². The number of hydrogen-bond donors (Lipinski definition) is 0. The van der Waals surface area contributed by atoms with Crippen LogP contribution in [0.5, 0.6) is 0 Å². The number of alkyl halides is 10. The van der Waals surface area contributed by atoms with Crippen LogP contribution in [0.3, 0.4) is 0 Å². The van der Waals surface area contributed by atoms with Crippen LogP contribution in [0.15, 0.2) is 6.33 Å². The van der Waals surface area contributed by atoms with Gasteiger partial charge in [0.2, 0.25) is 5.82 Å². The Hall–Kier alpha value is -1.56. The van der Waals surface area contributed by atoms with E-state index in [0.717, 1.165) is 0 Å². The number of fused-ring (bicyclic) bond motifs is 1. The molecule has 0 saturated carbocycles. The molecule has 114 valence electrons. The van der Waals surface area contributed by atoms with Crippen molar-refractivity contribution in [2.75, 3.05) is 0 Å². The Balaban J connectivity index is 2.92. The van der Waals surface area contributed by atoms with E-state index in [1.807, 2.05) is 0 Å². The van der Waals surface area contributed by atoms with Gasteiger partial charge in [0.15, 0.2) is 0 Å². The molecule has 0 aromatic carbocycles. The first-order chi connectivity index (χ1) is 8.73. The maximum atomic E-state index is 13.2. The van der Waals surface area contributed by atoms with Gasteiger partial charge in [-0.1, -0.05) is 0 Å². The van der Waals surface area contributed by atoms with E-state index in [1.165, 1.54) is 0 Å². The fraction of sp³-hybridized carbons (Fsp3) is 0.714. The van der Waals surface area contributed by atoms with Crippen LogP contribution in [-0.2, 0) is 12.0 Å². The number of hydrogen-bond acceptors (Lipinski definition) is 2. The molecular formula is C7HF10N3. The third-order valence-corrected chi connectivity index (χ3v) is 2.69. The normalized spacial score (nSPS) is 28.5. The highest BCUT2D eigenvalue weighted by molar-refractivity contribution is 5.18. The minimum atomic E-state index is -7.03. The fourth-order valence-electron chi connectivity index (χ4n) is 1.53. The van der Waals surface area contributed by atoms with Gasteiger partial charge in [-0.2, -0.15) is 43.9 Å². The first kappa shape index (κ1) is 14.8. The molecule has 13 heteroatoms. The van der Waals surface area contributed by atoms with E-state index in [-0.39, 0.29) is 0 Å². The SMILES string of the molecule is FC1(F)c2nncn2C(F)(F)C(F)(F)C(F)(F)C1(F)F. The molecule has 1 aromatic heterocycles. The van der Waals surface area contributed by atoms with Crippen molar-refractivity contribution in [2.24, 2.45) is 0 Å². The first-order valence-electron chi connectivity index (χ1n) is 4.53. The quantitative estimate of drug-likeness (QED) is 0.689. The van der Waals surface area contributed by atoms with Crippen LogP contribution in [0.25, 0.3) is 0 Å². The predicted molar refractivity (Wildman–Crippen MR) is 38.9 cm³/mol. The van der Waals surface area contributed by atoms with Crippen molar-refractivity contribution in [3.8, 4) is 0 Å². The molecule has 0 fully saturated rings. The lowest BCUT2D eigenvalue weighted by Gasteiger charge is -2.34. The second kappa shape index (κ2) is 3.36. The van der Waals surface area contributed by atoms with Crippen molar-refractivity contribution < 1.29 is 43.9 Å².